The molecule has 0 bridgehead atoms. The van der Waals surface area contributed by atoms with E-state index < -0.39 is 11.8 Å². The lowest BCUT2D eigenvalue weighted by Crippen LogP contribution is -2.16. The predicted octanol–water partition coefficient (Wildman–Crippen LogP) is 4.07. The second-order valence-corrected chi connectivity index (χ2v) is 6.16. The summed E-state index contributed by atoms with van der Waals surface area (Å²) >= 11 is 6.02. The molecule has 0 atom stereocenters. The Balaban J connectivity index is 2.00. The lowest BCUT2D eigenvalue weighted by molar-refractivity contribution is -0.114. The van der Waals surface area contributed by atoms with Gasteiger partial charge in [-0.1, -0.05) is 11.6 Å². The van der Waals surface area contributed by atoms with Crippen LogP contribution < -0.4 is 15.4 Å². The van der Waals surface area contributed by atoms with Crippen molar-refractivity contribution >= 4 is 40.6 Å². The van der Waals surface area contributed by atoms with Crippen LogP contribution in [0.1, 0.15) is 24.2 Å². The Morgan fingerprint density at radius 1 is 0.963 bits per heavy atom. The van der Waals surface area contributed by atoms with E-state index >= 15 is 0 Å². The summed E-state index contributed by atoms with van der Waals surface area (Å²) in [5.41, 5.74) is 1.78. The molecule has 0 heterocycles. The molecule has 0 radical (unpaired) electrons. The lowest BCUT2D eigenvalue weighted by atomic mass is 10.1. The van der Waals surface area contributed by atoms with Crippen LogP contribution in [0.3, 0.4) is 0 Å². The van der Waals surface area contributed by atoms with Gasteiger partial charge in [-0.05, 0) is 56.3 Å². The third kappa shape index (κ3) is 5.69. The van der Waals surface area contributed by atoms with Crippen molar-refractivity contribution in [1.29, 1.82) is 0 Å². The zero-order valence-corrected chi connectivity index (χ0v) is 15.9. The minimum absolute atomic E-state index is 0.0566. The number of hydrogen-bond donors (Lipinski definition) is 2. The Morgan fingerprint density at radius 2 is 1.59 bits per heavy atom. The highest BCUT2D eigenvalue weighted by Crippen LogP contribution is 2.27. The number of methoxy groups -OCH3 is 1. The molecule has 7 heteroatoms. The van der Waals surface area contributed by atoms with Gasteiger partial charge in [0.2, 0.25) is 5.91 Å². The molecule has 0 aromatic heterocycles. The van der Waals surface area contributed by atoms with Crippen LogP contribution in [0.15, 0.2) is 54.1 Å². The average Bonchev–Trinajstić information content (AvgIpc) is 2.62. The highest BCUT2D eigenvalue weighted by molar-refractivity contribution is 6.32. The van der Waals surface area contributed by atoms with Gasteiger partial charge in [0.15, 0.2) is 5.78 Å². The fourth-order valence-corrected chi connectivity index (χ4v) is 2.46. The zero-order chi connectivity index (χ0) is 20.0. The molecular formula is C20H19ClN2O4. The van der Waals surface area contributed by atoms with E-state index in [-0.39, 0.29) is 11.4 Å². The molecule has 0 aliphatic heterocycles. The first-order valence-corrected chi connectivity index (χ1v) is 8.43. The summed E-state index contributed by atoms with van der Waals surface area (Å²) < 4.78 is 5.05. The number of carbonyl (C=O) groups excluding carboxylic acids is 3. The van der Waals surface area contributed by atoms with Crippen molar-refractivity contribution in [3.63, 3.8) is 0 Å². The average molecular weight is 387 g/mol. The van der Waals surface area contributed by atoms with E-state index in [1.165, 1.54) is 27.0 Å². The van der Waals surface area contributed by atoms with Gasteiger partial charge in [0.25, 0.3) is 5.91 Å². The van der Waals surface area contributed by atoms with Crippen LogP contribution in [0.2, 0.25) is 5.02 Å². The molecule has 0 fully saturated rings. The van der Waals surface area contributed by atoms with Crippen LogP contribution in [0.4, 0.5) is 11.4 Å². The van der Waals surface area contributed by atoms with Gasteiger partial charge < -0.3 is 15.4 Å². The van der Waals surface area contributed by atoms with Crippen LogP contribution in [0.25, 0.3) is 0 Å². The summed E-state index contributed by atoms with van der Waals surface area (Å²) in [5, 5.41) is 5.66. The van der Waals surface area contributed by atoms with Gasteiger partial charge in [-0.2, -0.15) is 0 Å². The van der Waals surface area contributed by atoms with Gasteiger partial charge in [-0.25, -0.2) is 0 Å². The molecule has 0 unspecified atom stereocenters. The van der Waals surface area contributed by atoms with E-state index in [1.54, 1.807) is 42.5 Å². The highest BCUT2D eigenvalue weighted by Gasteiger charge is 2.09. The monoisotopic (exact) mass is 386 g/mol. The fourth-order valence-electron chi connectivity index (χ4n) is 2.20. The van der Waals surface area contributed by atoms with Crippen molar-refractivity contribution in [3.05, 3.63) is 64.7 Å². The lowest BCUT2D eigenvalue weighted by Gasteiger charge is -2.08. The van der Waals surface area contributed by atoms with Gasteiger partial charge in [0, 0.05) is 28.6 Å². The Morgan fingerprint density at radius 3 is 2.15 bits per heavy atom. The van der Waals surface area contributed by atoms with Gasteiger partial charge in [0.1, 0.15) is 5.75 Å². The highest BCUT2D eigenvalue weighted by atomic mass is 35.5. The Labute approximate surface area is 162 Å². The number of Topliss-reactive ketones (excluding diaryl/α,β-unsaturated/α-hetero) is 1. The van der Waals surface area contributed by atoms with Crippen LogP contribution in [0.5, 0.6) is 5.75 Å². The van der Waals surface area contributed by atoms with E-state index in [4.69, 9.17) is 16.3 Å². The zero-order valence-electron chi connectivity index (χ0n) is 15.1. The molecule has 2 aromatic rings. The first-order chi connectivity index (χ1) is 12.8. The predicted molar refractivity (Wildman–Crippen MR) is 105 cm³/mol. The molecule has 0 aliphatic rings. The standard InChI is InChI=1S/C20H19ClN2O4/c1-12(20(26)23-16-8-9-18(27-3)17(21)11-16)10-19(25)22-15-6-4-14(5-7-15)13(2)24/h4-11H,1-3H3,(H,22,25)(H,23,26)/b12-10-. The maximum atomic E-state index is 12.2. The van der Waals surface area contributed by atoms with Gasteiger partial charge in [-0.15, -0.1) is 0 Å². The number of halogens is 1. The van der Waals surface area contributed by atoms with Crippen molar-refractivity contribution in [3.8, 4) is 5.75 Å². The van der Waals surface area contributed by atoms with E-state index in [9.17, 15) is 14.4 Å². The van der Waals surface area contributed by atoms with Crippen molar-refractivity contribution < 1.29 is 19.1 Å². The molecule has 6 nitrogen and oxygen atoms in total. The van der Waals surface area contributed by atoms with E-state index in [1.807, 2.05) is 0 Å². The number of benzene rings is 2. The number of anilines is 2. The molecular weight excluding hydrogens is 368 g/mol. The minimum atomic E-state index is -0.453. The van der Waals surface area contributed by atoms with Crippen LogP contribution in [-0.2, 0) is 9.59 Å². The third-order valence-corrected chi connectivity index (χ3v) is 3.97. The first kappa shape index (κ1) is 20.2. The second-order valence-electron chi connectivity index (χ2n) is 5.75. The van der Waals surface area contributed by atoms with Crippen LogP contribution in [0, 0.1) is 0 Å². The summed E-state index contributed by atoms with van der Waals surface area (Å²) in [7, 11) is 1.50. The van der Waals surface area contributed by atoms with E-state index in [2.05, 4.69) is 10.6 Å². The number of carbonyl (C=O) groups is 3. The normalized spacial score (nSPS) is 10.9. The SMILES string of the molecule is COc1ccc(NC(=O)/C(C)=C\C(=O)Nc2ccc(C(C)=O)cc2)cc1Cl. The summed E-state index contributed by atoms with van der Waals surface area (Å²) in [6.07, 6.45) is 1.19. The van der Waals surface area contributed by atoms with Crippen molar-refractivity contribution in [2.75, 3.05) is 17.7 Å². The second kappa shape index (κ2) is 9.00. The Kier molecular flexibility index (Phi) is 6.73. The third-order valence-electron chi connectivity index (χ3n) is 3.67. The summed E-state index contributed by atoms with van der Waals surface area (Å²) in [6.45, 7) is 2.99. The number of rotatable bonds is 6. The van der Waals surface area contributed by atoms with Crippen molar-refractivity contribution in [2.24, 2.45) is 0 Å². The number of amides is 2. The number of hydrogen-bond acceptors (Lipinski definition) is 4. The molecule has 2 amide bonds. The Hall–Kier alpha value is -3.12. The smallest absolute Gasteiger partial charge is 0.251 e. The molecule has 2 rings (SSSR count). The molecule has 2 aromatic carbocycles. The van der Waals surface area contributed by atoms with Crippen molar-refractivity contribution in [2.45, 2.75) is 13.8 Å². The van der Waals surface area contributed by atoms with Gasteiger partial charge in [-0.3, -0.25) is 14.4 Å². The minimum Gasteiger partial charge on any atom is -0.495 e. The number of ketones is 1. The Bertz CT molecular complexity index is 905. The summed E-state index contributed by atoms with van der Waals surface area (Å²) in [5.74, 6) is -0.444. The van der Waals surface area contributed by atoms with E-state index in [0.29, 0.717) is 27.7 Å². The largest absolute Gasteiger partial charge is 0.495 e. The fraction of sp³-hybridized carbons (Fsp3) is 0.150. The molecule has 0 spiro atoms. The first-order valence-electron chi connectivity index (χ1n) is 8.05. The molecule has 0 saturated carbocycles. The summed E-state index contributed by atoms with van der Waals surface area (Å²) in [4.78, 5) is 35.5. The maximum absolute atomic E-state index is 12.2. The van der Waals surface area contributed by atoms with Crippen LogP contribution in [-0.4, -0.2) is 24.7 Å². The molecule has 0 saturated heterocycles. The molecule has 140 valence electrons. The van der Waals surface area contributed by atoms with E-state index in [0.717, 1.165) is 0 Å². The number of ether oxygens (including phenoxy) is 1. The quantitative estimate of drug-likeness (QED) is 0.578. The molecule has 2 N–H and O–H groups in total. The molecule has 27 heavy (non-hydrogen) atoms. The number of nitrogens with one attached hydrogen (secondary N) is 2. The maximum Gasteiger partial charge on any atom is 0.251 e. The van der Waals surface area contributed by atoms with Crippen molar-refractivity contribution in [1.82, 2.24) is 0 Å². The van der Waals surface area contributed by atoms with Gasteiger partial charge >= 0.3 is 0 Å². The summed E-state index contributed by atoms with van der Waals surface area (Å²) in [6, 6.07) is 11.3. The van der Waals surface area contributed by atoms with Gasteiger partial charge in [0.05, 0.1) is 12.1 Å². The molecule has 0 aliphatic carbocycles. The topological polar surface area (TPSA) is 84.5 Å². The van der Waals surface area contributed by atoms with Crippen LogP contribution >= 0.6 is 11.6 Å².